The first-order chi connectivity index (χ1) is 7.22. The molecule has 0 unspecified atom stereocenters. The molecule has 0 fully saturated rings. The third-order valence-electron chi connectivity index (χ3n) is 2.81. The summed E-state index contributed by atoms with van der Waals surface area (Å²) in [5.41, 5.74) is 2.45. The van der Waals surface area contributed by atoms with E-state index in [1.807, 2.05) is 6.07 Å². The number of rotatable bonds is 2. The Hall–Kier alpha value is -1.38. The number of hydrogen-bond donors (Lipinski definition) is 1. The number of anilines is 2. The van der Waals surface area contributed by atoms with Crippen LogP contribution in [0.2, 0.25) is 0 Å². The van der Waals surface area contributed by atoms with Crippen molar-refractivity contribution < 1.29 is 4.74 Å². The van der Waals surface area contributed by atoms with Gasteiger partial charge in [0.05, 0.1) is 18.5 Å². The summed E-state index contributed by atoms with van der Waals surface area (Å²) >= 11 is 0. The number of hydrogen-bond acceptors (Lipinski definition) is 3. The fraction of sp³-hybridized carbons (Fsp3) is 0.500. The van der Waals surface area contributed by atoms with Crippen LogP contribution in [0.5, 0.6) is 5.75 Å². The highest BCUT2D eigenvalue weighted by Crippen LogP contribution is 2.33. The molecule has 1 aromatic carbocycles. The van der Waals surface area contributed by atoms with Crippen LogP contribution in [0.15, 0.2) is 18.2 Å². The molecule has 1 N–H and O–H groups in total. The number of nitrogens with one attached hydrogen (secondary N) is 1. The van der Waals surface area contributed by atoms with Crippen molar-refractivity contribution in [3.05, 3.63) is 18.2 Å². The summed E-state index contributed by atoms with van der Waals surface area (Å²) in [6.45, 7) is 6.50. The number of nitrogens with zero attached hydrogens (tertiary/aromatic N) is 1. The summed E-state index contributed by atoms with van der Waals surface area (Å²) in [5.74, 6) is 0.920. The molecule has 0 aliphatic carbocycles. The molecule has 82 valence electrons. The van der Waals surface area contributed by atoms with E-state index >= 15 is 0 Å². The smallest absolute Gasteiger partial charge is 0.121 e. The van der Waals surface area contributed by atoms with Gasteiger partial charge in [-0.25, -0.2) is 0 Å². The highest BCUT2D eigenvalue weighted by atomic mass is 16.5. The van der Waals surface area contributed by atoms with E-state index in [1.54, 1.807) is 7.11 Å². The number of ether oxygens (including phenoxy) is 1. The molecule has 3 nitrogen and oxygen atoms in total. The number of methoxy groups -OCH3 is 1. The summed E-state index contributed by atoms with van der Waals surface area (Å²) in [4.78, 5) is 2.40. The second kappa shape index (κ2) is 4.01. The highest BCUT2D eigenvalue weighted by molar-refractivity contribution is 5.74. The molecule has 15 heavy (non-hydrogen) atoms. The van der Waals surface area contributed by atoms with Crippen LogP contribution in [0.3, 0.4) is 0 Å². The monoisotopic (exact) mass is 206 g/mol. The zero-order chi connectivity index (χ0) is 10.8. The minimum atomic E-state index is 0.526. The van der Waals surface area contributed by atoms with E-state index in [9.17, 15) is 0 Å². The van der Waals surface area contributed by atoms with Gasteiger partial charge in [-0.05, 0) is 26.0 Å². The third kappa shape index (κ3) is 1.87. The van der Waals surface area contributed by atoms with Crippen molar-refractivity contribution in [1.29, 1.82) is 0 Å². The van der Waals surface area contributed by atoms with Crippen LogP contribution in [0.4, 0.5) is 11.4 Å². The van der Waals surface area contributed by atoms with Gasteiger partial charge in [0.15, 0.2) is 0 Å². The summed E-state index contributed by atoms with van der Waals surface area (Å²) in [7, 11) is 1.71. The van der Waals surface area contributed by atoms with Crippen LogP contribution in [0.1, 0.15) is 13.8 Å². The lowest BCUT2D eigenvalue weighted by Crippen LogP contribution is -2.38. The van der Waals surface area contributed by atoms with Gasteiger partial charge in [0.1, 0.15) is 5.75 Å². The Labute approximate surface area is 91.0 Å². The van der Waals surface area contributed by atoms with Crippen molar-refractivity contribution in [3.63, 3.8) is 0 Å². The van der Waals surface area contributed by atoms with E-state index in [-0.39, 0.29) is 0 Å². The third-order valence-corrected chi connectivity index (χ3v) is 2.81. The van der Waals surface area contributed by atoms with Gasteiger partial charge in [-0.2, -0.15) is 0 Å². The van der Waals surface area contributed by atoms with Crippen molar-refractivity contribution in [1.82, 2.24) is 0 Å². The Balaban J connectivity index is 2.39. The zero-order valence-electron chi connectivity index (χ0n) is 9.58. The van der Waals surface area contributed by atoms with Gasteiger partial charge >= 0.3 is 0 Å². The van der Waals surface area contributed by atoms with E-state index in [0.29, 0.717) is 6.04 Å². The molecule has 0 saturated heterocycles. The molecular formula is C12H18N2O. The van der Waals surface area contributed by atoms with Crippen LogP contribution < -0.4 is 15.0 Å². The molecule has 1 aromatic rings. The van der Waals surface area contributed by atoms with Crippen molar-refractivity contribution in [2.45, 2.75) is 19.9 Å². The minimum Gasteiger partial charge on any atom is -0.497 e. The fourth-order valence-corrected chi connectivity index (χ4v) is 1.99. The Morgan fingerprint density at radius 3 is 2.87 bits per heavy atom. The molecule has 0 spiro atoms. The van der Waals surface area contributed by atoms with Gasteiger partial charge in [-0.15, -0.1) is 0 Å². The molecule has 1 aliphatic rings. The molecule has 1 aliphatic heterocycles. The van der Waals surface area contributed by atoms with Gasteiger partial charge < -0.3 is 15.0 Å². The predicted molar refractivity (Wildman–Crippen MR) is 64.0 cm³/mol. The van der Waals surface area contributed by atoms with Crippen molar-refractivity contribution in [2.75, 3.05) is 30.4 Å². The van der Waals surface area contributed by atoms with E-state index in [0.717, 1.165) is 18.8 Å². The summed E-state index contributed by atoms with van der Waals surface area (Å²) in [5, 5.41) is 3.40. The summed E-state index contributed by atoms with van der Waals surface area (Å²) in [6, 6.07) is 6.71. The zero-order valence-corrected chi connectivity index (χ0v) is 9.58. The molecule has 0 aromatic heterocycles. The van der Waals surface area contributed by atoms with Crippen LogP contribution in [-0.2, 0) is 0 Å². The second-order valence-corrected chi connectivity index (χ2v) is 4.10. The van der Waals surface area contributed by atoms with Crippen molar-refractivity contribution in [3.8, 4) is 5.75 Å². The van der Waals surface area contributed by atoms with Gasteiger partial charge in [-0.1, -0.05) is 0 Å². The lowest BCUT2D eigenvalue weighted by Gasteiger charge is -2.35. The molecule has 0 amide bonds. The standard InChI is InChI=1S/C12H18N2O/c1-9(2)14-7-6-13-11-5-4-10(15-3)8-12(11)14/h4-5,8-9,13H,6-7H2,1-3H3. The number of fused-ring (bicyclic) bond motifs is 1. The Morgan fingerprint density at radius 2 is 2.20 bits per heavy atom. The van der Waals surface area contributed by atoms with Gasteiger partial charge in [0.2, 0.25) is 0 Å². The predicted octanol–water partition coefficient (Wildman–Crippen LogP) is 2.34. The maximum atomic E-state index is 5.25. The maximum absolute atomic E-state index is 5.25. The molecule has 0 atom stereocenters. The van der Waals surface area contributed by atoms with E-state index < -0.39 is 0 Å². The first-order valence-corrected chi connectivity index (χ1v) is 5.41. The van der Waals surface area contributed by atoms with E-state index in [2.05, 4.69) is 36.2 Å². The van der Waals surface area contributed by atoms with E-state index in [4.69, 9.17) is 4.74 Å². The Bertz CT molecular complexity index is 349. The SMILES string of the molecule is COc1ccc2c(c1)N(C(C)C)CCN2. The number of benzene rings is 1. The largest absolute Gasteiger partial charge is 0.497 e. The quantitative estimate of drug-likeness (QED) is 0.803. The fourth-order valence-electron chi connectivity index (χ4n) is 1.99. The van der Waals surface area contributed by atoms with Gasteiger partial charge in [0, 0.05) is 25.2 Å². The lowest BCUT2D eigenvalue weighted by atomic mass is 10.1. The molecular weight excluding hydrogens is 188 g/mol. The summed E-state index contributed by atoms with van der Waals surface area (Å²) in [6.07, 6.45) is 0. The van der Waals surface area contributed by atoms with Crippen molar-refractivity contribution in [2.24, 2.45) is 0 Å². The molecule has 0 radical (unpaired) electrons. The molecule has 1 heterocycles. The summed E-state index contributed by atoms with van der Waals surface area (Å²) < 4.78 is 5.25. The van der Waals surface area contributed by atoms with Crippen LogP contribution >= 0.6 is 0 Å². The minimum absolute atomic E-state index is 0.526. The van der Waals surface area contributed by atoms with Crippen LogP contribution in [-0.4, -0.2) is 26.2 Å². The first kappa shape index (κ1) is 10.1. The average molecular weight is 206 g/mol. The van der Waals surface area contributed by atoms with Crippen LogP contribution in [0, 0.1) is 0 Å². The Kier molecular flexibility index (Phi) is 2.71. The molecule has 2 rings (SSSR count). The molecule has 0 saturated carbocycles. The second-order valence-electron chi connectivity index (χ2n) is 4.10. The van der Waals surface area contributed by atoms with Crippen LogP contribution in [0.25, 0.3) is 0 Å². The van der Waals surface area contributed by atoms with E-state index in [1.165, 1.54) is 11.4 Å². The Morgan fingerprint density at radius 1 is 1.40 bits per heavy atom. The van der Waals surface area contributed by atoms with Gasteiger partial charge in [-0.3, -0.25) is 0 Å². The molecule has 0 bridgehead atoms. The van der Waals surface area contributed by atoms with Gasteiger partial charge in [0.25, 0.3) is 0 Å². The first-order valence-electron chi connectivity index (χ1n) is 5.41. The topological polar surface area (TPSA) is 24.5 Å². The lowest BCUT2D eigenvalue weighted by molar-refractivity contribution is 0.414. The van der Waals surface area contributed by atoms with Crippen molar-refractivity contribution >= 4 is 11.4 Å². The highest BCUT2D eigenvalue weighted by Gasteiger charge is 2.18. The average Bonchev–Trinajstić information content (AvgIpc) is 2.27. The molecule has 3 heteroatoms. The maximum Gasteiger partial charge on any atom is 0.121 e. The normalized spacial score (nSPS) is 14.8.